The lowest BCUT2D eigenvalue weighted by molar-refractivity contribution is 0.0986. The van der Waals surface area contributed by atoms with Crippen LogP contribution in [0.2, 0.25) is 0 Å². The van der Waals surface area contributed by atoms with Gasteiger partial charge in [-0.05, 0) is 37.7 Å². The number of fused-ring (bicyclic) bond motifs is 1. The zero-order chi connectivity index (χ0) is 25.2. The molecular formula is C24H34N6O4. The average Bonchev–Trinajstić information content (AvgIpc) is 3.15. The summed E-state index contributed by atoms with van der Waals surface area (Å²) in [7, 11) is 0. The molecule has 0 spiro atoms. The van der Waals surface area contributed by atoms with Gasteiger partial charge in [-0.25, -0.2) is 9.78 Å². The minimum absolute atomic E-state index is 0.0178. The number of carbonyl (C=O) groups is 1. The number of nitrogens with two attached hydrogens (primary N) is 1. The maximum atomic E-state index is 14.0. The number of hydrogen-bond donors (Lipinski definition) is 2. The van der Waals surface area contributed by atoms with Gasteiger partial charge in [0.1, 0.15) is 5.82 Å². The minimum atomic E-state index is -0.691. The van der Waals surface area contributed by atoms with Gasteiger partial charge in [0.25, 0.3) is 17.2 Å². The zero-order valence-corrected chi connectivity index (χ0v) is 20.8. The lowest BCUT2D eigenvalue weighted by Gasteiger charge is -2.26. The summed E-state index contributed by atoms with van der Waals surface area (Å²) in [6.45, 7) is 12.3. The van der Waals surface area contributed by atoms with Crippen molar-refractivity contribution < 1.29 is 9.32 Å². The van der Waals surface area contributed by atoms with Crippen molar-refractivity contribution in [2.45, 2.75) is 73.3 Å². The number of nitrogens with one attached hydrogen (secondary N) is 1. The van der Waals surface area contributed by atoms with Crippen LogP contribution in [0, 0.1) is 12.8 Å². The molecule has 10 nitrogen and oxygen atoms in total. The average molecular weight is 471 g/mol. The Morgan fingerprint density at radius 3 is 2.59 bits per heavy atom. The van der Waals surface area contributed by atoms with Gasteiger partial charge in [-0.15, -0.1) is 0 Å². The Morgan fingerprint density at radius 1 is 1.26 bits per heavy atom. The van der Waals surface area contributed by atoms with Crippen LogP contribution in [0.5, 0.6) is 0 Å². The number of unbranched alkanes of at least 4 members (excludes halogenated alkanes) is 1. The number of aromatic amines is 1. The standard InChI is InChI=1S/C24H34N6O4/c1-7-8-10-30-20(25)19(21(31)27-24(30)33)29(11-9-13(2)3)23(32)16-12-17(14(4)5)26-22-18(16)15(6)28-34-22/h12-14H,7-11,25H2,1-6H3,(H,27,31,33). The molecule has 0 atom stereocenters. The summed E-state index contributed by atoms with van der Waals surface area (Å²) in [4.78, 5) is 47.7. The summed E-state index contributed by atoms with van der Waals surface area (Å²) in [5.74, 6) is -0.132. The third-order valence-electron chi connectivity index (χ3n) is 5.85. The topological polar surface area (TPSA) is 140 Å². The molecule has 0 aliphatic heterocycles. The maximum Gasteiger partial charge on any atom is 0.330 e. The number of pyridine rings is 1. The molecule has 0 unspecified atom stereocenters. The van der Waals surface area contributed by atoms with E-state index in [2.05, 4.69) is 15.1 Å². The number of rotatable bonds is 9. The Kier molecular flexibility index (Phi) is 7.58. The predicted molar refractivity (Wildman–Crippen MR) is 132 cm³/mol. The molecule has 3 aromatic heterocycles. The summed E-state index contributed by atoms with van der Waals surface area (Å²) >= 11 is 0. The van der Waals surface area contributed by atoms with Gasteiger partial charge in [-0.1, -0.05) is 46.2 Å². The lowest BCUT2D eigenvalue weighted by Crippen LogP contribution is -2.42. The van der Waals surface area contributed by atoms with Crippen LogP contribution < -0.4 is 21.9 Å². The smallest absolute Gasteiger partial charge is 0.330 e. The van der Waals surface area contributed by atoms with Gasteiger partial charge in [0, 0.05) is 18.8 Å². The fourth-order valence-corrected chi connectivity index (χ4v) is 3.80. The van der Waals surface area contributed by atoms with Crippen LogP contribution >= 0.6 is 0 Å². The molecule has 1 amide bonds. The maximum absolute atomic E-state index is 14.0. The first kappa shape index (κ1) is 25.2. The molecule has 10 heteroatoms. The molecule has 0 radical (unpaired) electrons. The van der Waals surface area contributed by atoms with E-state index in [1.54, 1.807) is 13.0 Å². The Morgan fingerprint density at radius 2 is 1.97 bits per heavy atom. The molecule has 34 heavy (non-hydrogen) atoms. The van der Waals surface area contributed by atoms with E-state index >= 15 is 0 Å². The third kappa shape index (κ3) is 4.90. The number of aryl methyl sites for hydroxylation is 1. The van der Waals surface area contributed by atoms with Crippen LogP contribution in [-0.4, -0.2) is 32.1 Å². The van der Waals surface area contributed by atoms with Crippen LogP contribution in [0.15, 0.2) is 20.2 Å². The van der Waals surface area contributed by atoms with Gasteiger partial charge in [-0.2, -0.15) is 0 Å². The first-order valence-electron chi connectivity index (χ1n) is 11.8. The van der Waals surface area contributed by atoms with Gasteiger partial charge >= 0.3 is 5.69 Å². The number of nitrogens with zero attached hydrogens (tertiary/aromatic N) is 4. The molecule has 0 bridgehead atoms. The van der Waals surface area contributed by atoms with E-state index in [1.165, 1.54) is 9.47 Å². The molecule has 3 aromatic rings. The van der Waals surface area contributed by atoms with Crippen LogP contribution in [0.1, 0.15) is 81.5 Å². The zero-order valence-electron chi connectivity index (χ0n) is 20.8. The molecule has 3 N–H and O–H groups in total. The van der Waals surface area contributed by atoms with Crippen molar-refractivity contribution in [1.82, 2.24) is 19.7 Å². The van der Waals surface area contributed by atoms with Crippen LogP contribution in [-0.2, 0) is 6.54 Å². The van der Waals surface area contributed by atoms with Crippen molar-refractivity contribution in [2.24, 2.45) is 5.92 Å². The number of amides is 1. The molecule has 0 aliphatic rings. The summed E-state index contributed by atoms with van der Waals surface area (Å²) in [5.41, 5.74) is 6.86. The molecular weight excluding hydrogens is 436 g/mol. The molecule has 184 valence electrons. The number of H-pyrrole nitrogens is 1. The van der Waals surface area contributed by atoms with Gasteiger partial charge in [0.15, 0.2) is 5.69 Å². The summed E-state index contributed by atoms with van der Waals surface area (Å²) in [5, 5.41) is 4.49. The summed E-state index contributed by atoms with van der Waals surface area (Å²) < 4.78 is 6.69. The van der Waals surface area contributed by atoms with E-state index in [9.17, 15) is 14.4 Å². The van der Waals surface area contributed by atoms with E-state index in [0.717, 1.165) is 6.42 Å². The molecule has 0 saturated heterocycles. The van der Waals surface area contributed by atoms with Crippen molar-refractivity contribution in [2.75, 3.05) is 17.2 Å². The lowest BCUT2D eigenvalue weighted by atomic mass is 10.0. The summed E-state index contributed by atoms with van der Waals surface area (Å²) in [6, 6.07) is 1.72. The van der Waals surface area contributed by atoms with E-state index in [1.807, 2.05) is 34.6 Å². The highest BCUT2D eigenvalue weighted by Crippen LogP contribution is 2.28. The molecule has 0 aliphatic carbocycles. The monoisotopic (exact) mass is 470 g/mol. The van der Waals surface area contributed by atoms with E-state index in [4.69, 9.17) is 10.3 Å². The molecule has 0 saturated carbocycles. The van der Waals surface area contributed by atoms with E-state index in [0.29, 0.717) is 41.7 Å². The largest absolute Gasteiger partial charge is 0.383 e. The quantitative estimate of drug-likeness (QED) is 0.487. The van der Waals surface area contributed by atoms with Crippen molar-refractivity contribution in [1.29, 1.82) is 0 Å². The number of hydrogen-bond acceptors (Lipinski definition) is 7. The third-order valence-corrected chi connectivity index (χ3v) is 5.85. The molecule has 3 rings (SSSR count). The summed E-state index contributed by atoms with van der Waals surface area (Å²) in [6.07, 6.45) is 2.18. The highest BCUT2D eigenvalue weighted by atomic mass is 16.5. The SMILES string of the molecule is CCCCn1c(N)c(N(CCC(C)C)C(=O)c2cc(C(C)C)nc3onc(C)c23)c(=O)[nH]c1=O. The second-order valence-electron chi connectivity index (χ2n) is 9.34. The van der Waals surface area contributed by atoms with Crippen molar-refractivity contribution in [3.05, 3.63) is 43.9 Å². The van der Waals surface area contributed by atoms with Gasteiger partial charge in [0.2, 0.25) is 0 Å². The van der Waals surface area contributed by atoms with Gasteiger partial charge in [-0.3, -0.25) is 19.1 Å². The Labute approximate surface area is 198 Å². The Balaban J connectivity index is 2.25. The highest BCUT2D eigenvalue weighted by molar-refractivity contribution is 6.14. The number of nitrogen functional groups attached to an aromatic ring is 1. The van der Waals surface area contributed by atoms with Crippen LogP contribution in [0.25, 0.3) is 11.1 Å². The van der Waals surface area contributed by atoms with Crippen molar-refractivity contribution >= 4 is 28.5 Å². The number of anilines is 2. The second-order valence-corrected chi connectivity index (χ2v) is 9.34. The normalized spacial score (nSPS) is 11.6. The number of carbonyl (C=O) groups excluding carboxylic acids is 1. The molecule has 0 fully saturated rings. The van der Waals surface area contributed by atoms with Crippen LogP contribution in [0.4, 0.5) is 11.5 Å². The minimum Gasteiger partial charge on any atom is -0.383 e. The van der Waals surface area contributed by atoms with E-state index in [-0.39, 0.29) is 35.6 Å². The van der Waals surface area contributed by atoms with E-state index < -0.39 is 17.2 Å². The first-order chi connectivity index (χ1) is 16.1. The van der Waals surface area contributed by atoms with Gasteiger partial charge < -0.3 is 15.2 Å². The van der Waals surface area contributed by atoms with Gasteiger partial charge in [0.05, 0.1) is 16.6 Å². The second kappa shape index (κ2) is 10.2. The molecule has 0 aromatic carbocycles. The van der Waals surface area contributed by atoms with Crippen LogP contribution in [0.3, 0.4) is 0 Å². The Bertz CT molecular complexity index is 1300. The highest BCUT2D eigenvalue weighted by Gasteiger charge is 2.29. The fraction of sp³-hybridized carbons (Fsp3) is 0.542. The molecule has 3 heterocycles. The predicted octanol–water partition coefficient (Wildman–Crippen LogP) is 3.58. The number of aromatic nitrogens is 4. The Hall–Kier alpha value is -3.43. The fourth-order valence-electron chi connectivity index (χ4n) is 3.80. The van der Waals surface area contributed by atoms with Crippen molar-refractivity contribution in [3.8, 4) is 0 Å². The first-order valence-corrected chi connectivity index (χ1v) is 11.8. The van der Waals surface area contributed by atoms with Crippen molar-refractivity contribution in [3.63, 3.8) is 0 Å².